The maximum Gasteiger partial charge on any atom is 0.419 e. The number of alkyl halides is 3. The van der Waals surface area contributed by atoms with Crippen LogP contribution in [0.1, 0.15) is 26.2 Å². The van der Waals surface area contributed by atoms with Gasteiger partial charge < -0.3 is 21.2 Å². The van der Waals surface area contributed by atoms with Gasteiger partial charge in [0.1, 0.15) is 5.57 Å². The number of hydrogen-bond donors (Lipinski definition) is 4. The fourth-order valence-electron chi connectivity index (χ4n) is 3.89. The van der Waals surface area contributed by atoms with Crippen LogP contribution in [0, 0.1) is 5.92 Å². The van der Waals surface area contributed by atoms with Gasteiger partial charge in [-0.1, -0.05) is 24.6 Å². The highest BCUT2D eigenvalue weighted by atomic mass is 19.4. The zero-order chi connectivity index (χ0) is 21.9. The SMILES string of the molecule is CC(=O)NC1(N(Nc2ccccc2)C2CCCC2C(=O)O)N=CNC=C1C(F)(F)F. The number of rotatable bonds is 6. The van der Waals surface area contributed by atoms with Crippen molar-refractivity contribution in [1.29, 1.82) is 0 Å². The highest BCUT2D eigenvalue weighted by Crippen LogP contribution is 2.42. The molecule has 0 spiro atoms. The van der Waals surface area contributed by atoms with Crippen LogP contribution in [0.25, 0.3) is 0 Å². The highest BCUT2D eigenvalue weighted by Gasteiger charge is 2.57. The third-order valence-electron chi connectivity index (χ3n) is 5.09. The molecular formula is C19H22F3N5O3. The van der Waals surface area contributed by atoms with Crippen molar-refractivity contribution in [1.82, 2.24) is 15.6 Å². The molecule has 1 aliphatic heterocycles. The number of carbonyl (C=O) groups excluding carboxylic acids is 1. The topological polar surface area (TPSA) is 106 Å². The largest absolute Gasteiger partial charge is 0.481 e. The molecule has 1 aromatic carbocycles. The van der Waals surface area contributed by atoms with E-state index in [1.54, 1.807) is 30.3 Å². The lowest BCUT2D eigenvalue weighted by Gasteiger charge is -2.47. The molecule has 162 valence electrons. The predicted molar refractivity (Wildman–Crippen MR) is 103 cm³/mol. The van der Waals surface area contributed by atoms with E-state index >= 15 is 0 Å². The molecule has 0 saturated heterocycles. The molecular weight excluding hydrogens is 403 g/mol. The van der Waals surface area contributed by atoms with E-state index in [0.29, 0.717) is 31.1 Å². The third-order valence-corrected chi connectivity index (χ3v) is 5.09. The number of carbonyl (C=O) groups is 2. The van der Waals surface area contributed by atoms with Crippen molar-refractivity contribution in [3.8, 4) is 0 Å². The van der Waals surface area contributed by atoms with Crippen LogP contribution in [0.15, 0.2) is 47.1 Å². The van der Waals surface area contributed by atoms with E-state index in [4.69, 9.17) is 0 Å². The Morgan fingerprint density at radius 1 is 1.27 bits per heavy atom. The molecule has 3 atom stereocenters. The van der Waals surface area contributed by atoms with Crippen molar-refractivity contribution < 1.29 is 27.9 Å². The van der Waals surface area contributed by atoms with Gasteiger partial charge >= 0.3 is 12.1 Å². The summed E-state index contributed by atoms with van der Waals surface area (Å²) >= 11 is 0. The molecule has 4 N–H and O–H groups in total. The zero-order valence-electron chi connectivity index (χ0n) is 16.1. The van der Waals surface area contributed by atoms with E-state index < -0.39 is 41.4 Å². The highest BCUT2D eigenvalue weighted by molar-refractivity contribution is 5.76. The Morgan fingerprint density at radius 3 is 2.57 bits per heavy atom. The summed E-state index contributed by atoms with van der Waals surface area (Å²) in [6.07, 6.45) is -1.98. The predicted octanol–water partition coefficient (Wildman–Crippen LogP) is 2.44. The van der Waals surface area contributed by atoms with Crippen LogP contribution in [0.3, 0.4) is 0 Å². The van der Waals surface area contributed by atoms with Gasteiger partial charge in [-0.3, -0.25) is 9.59 Å². The van der Waals surface area contributed by atoms with Crippen LogP contribution in [0.4, 0.5) is 18.9 Å². The van der Waals surface area contributed by atoms with Gasteiger partial charge in [0.05, 0.1) is 12.3 Å². The van der Waals surface area contributed by atoms with Gasteiger partial charge in [0, 0.05) is 24.9 Å². The number of hydrazine groups is 1. The monoisotopic (exact) mass is 425 g/mol. The molecule has 0 bridgehead atoms. The summed E-state index contributed by atoms with van der Waals surface area (Å²) in [5.41, 5.74) is 2.15. The van der Waals surface area contributed by atoms with E-state index in [0.717, 1.165) is 18.3 Å². The van der Waals surface area contributed by atoms with E-state index in [-0.39, 0.29) is 0 Å². The number of nitrogens with zero attached hydrogens (tertiary/aromatic N) is 2. The van der Waals surface area contributed by atoms with E-state index in [9.17, 15) is 27.9 Å². The van der Waals surface area contributed by atoms with Gasteiger partial charge in [-0.05, 0) is 25.0 Å². The van der Waals surface area contributed by atoms with Gasteiger partial charge in [0.15, 0.2) is 0 Å². The third kappa shape index (κ3) is 4.25. The van der Waals surface area contributed by atoms with E-state index in [1.165, 1.54) is 0 Å². The van der Waals surface area contributed by atoms with Gasteiger partial charge in [-0.2, -0.15) is 18.2 Å². The number of halogens is 3. The summed E-state index contributed by atoms with van der Waals surface area (Å²) in [4.78, 5) is 27.8. The quantitative estimate of drug-likeness (QED) is 0.412. The molecule has 1 fully saturated rings. The first kappa shape index (κ1) is 21.6. The molecule has 3 rings (SSSR count). The molecule has 1 saturated carbocycles. The van der Waals surface area contributed by atoms with Crippen LogP contribution in [-0.4, -0.2) is 46.3 Å². The van der Waals surface area contributed by atoms with Crippen molar-refractivity contribution in [3.63, 3.8) is 0 Å². The summed E-state index contributed by atoms with van der Waals surface area (Å²) in [5.74, 6) is -5.21. The summed E-state index contributed by atoms with van der Waals surface area (Å²) in [6.45, 7) is 1.08. The van der Waals surface area contributed by atoms with Gasteiger partial charge in [-0.15, -0.1) is 0 Å². The van der Waals surface area contributed by atoms with Crippen LogP contribution < -0.4 is 16.1 Å². The van der Waals surface area contributed by atoms with Crippen molar-refractivity contribution in [2.45, 2.75) is 44.2 Å². The Labute approximate surface area is 170 Å². The summed E-state index contributed by atoms with van der Waals surface area (Å²) in [5, 5.41) is 15.4. The molecule has 8 nitrogen and oxygen atoms in total. The number of benzene rings is 1. The number of carboxylic acid groups (broad SMARTS) is 1. The number of aliphatic imine (C=N–C) groups is 1. The van der Waals surface area contributed by atoms with E-state index in [1.807, 2.05) is 0 Å². The average Bonchev–Trinajstić information content (AvgIpc) is 3.15. The number of carboxylic acids is 1. The van der Waals surface area contributed by atoms with Crippen LogP contribution >= 0.6 is 0 Å². The van der Waals surface area contributed by atoms with Crippen LogP contribution in [0.5, 0.6) is 0 Å². The molecule has 1 heterocycles. The lowest BCUT2D eigenvalue weighted by atomic mass is 9.98. The van der Waals surface area contributed by atoms with Crippen molar-refractivity contribution >= 4 is 23.9 Å². The lowest BCUT2D eigenvalue weighted by Crippen LogP contribution is -2.68. The molecule has 1 aliphatic carbocycles. The van der Waals surface area contributed by atoms with Crippen molar-refractivity contribution in [2.24, 2.45) is 10.9 Å². The number of para-hydroxylation sites is 1. The van der Waals surface area contributed by atoms with Crippen LogP contribution in [-0.2, 0) is 9.59 Å². The molecule has 1 aromatic rings. The number of anilines is 1. The van der Waals surface area contributed by atoms with Gasteiger partial charge in [0.25, 0.3) is 0 Å². The molecule has 3 unspecified atom stereocenters. The minimum Gasteiger partial charge on any atom is -0.481 e. The number of hydrogen-bond acceptors (Lipinski definition) is 6. The Balaban J connectivity index is 2.17. The maximum absolute atomic E-state index is 14.0. The summed E-state index contributed by atoms with van der Waals surface area (Å²) in [7, 11) is 0. The molecule has 30 heavy (non-hydrogen) atoms. The minimum absolute atomic E-state index is 0.302. The Hall–Kier alpha value is -3.08. The first-order valence-corrected chi connectivity index (χ1v) is 9.35. The number of aliphatic carboxylic acids is 1. The molecule has 2 aliphatic rings. The maximum atomic E-state index is 14.0. The number of amides is 1. The van der Waals surface area contributed by atoms with E-state index in [2.05, 4.69) is 21.1 Å². The zero-order valence-corrected chi connectivity index (χ0v) is 16.1. The molecule has 1 amide bonds. The van der Waals surface area contributed by atoms with Crippen LogP contribution in [0.2, 0.25) is 0 Å². The second-order valence-corrected chi connectivity index (χ2v) is 7.12. The van der Waals surface area contributed by atoms with Gasteiger partial charge in [-0.25, -0.2) is 4.99 Å². The fourth-order valence-corrected chi connectivity index (χ4v) is 3.89. The number of nitrogens with one attached hydrogen (secondary N) is 3. The first-order chi connectivity index (χ1) is 14.1. The smallest absolute Gasteiger partial charge is 0.419 e. The standard InChI is InChI=1S/C19H22F3N5O3/c1-12(28)25-19(16(18(20,21)22)10-23-11-24-19)27(26-13-6-3-2-4-7-13)15-9-5-8-14(15)17(29)30/h2-4,6-7,10-11,14-15,26H,5,8-9H2,1H3,(H,23,24)(H,25,28)(H,29,30). The second kappa shape index (κ2) is 8.34. The Kier molecular flexibility index (Phi) is 6.01. The molecule has 0 radical (unpaired) electrons. The fraction of sp³-hybridized carbons (Fsp3) is 0.421. The van der Waals surface area contributed by atoms with Crippen molar-refractivity contribution in [2.75, 3.05) is 5.43 Å². The second-order valence-electron chi connectivity index (χ2n) is 7.12. The Morgan fingerprint density at radius 2 is 1.97 bits per heavy atom. The average molecular weight is 425 g/mol. The molecule has 0 aromatic heterocycles. The molecule has 11 heteroatoms. The van der Waals surface area contributed by atoms with Crippen molar-refractivity contribution in [3.05, 3.63) is 42.1 Å². The first-order valence-electron chi connectivity index (χ1n) is 9.35. The minimum atomic E-state index is -4.86. The Bertz CT molecular complexity index is 859. The van der Waals surface area contributed by atoms with Gasteiger partial charge in [0.2, 0.25) is 11.7 Å². The summed E-state index contributed by atoms with van der Waals surface area (Å²) < 4.78 is 42.1. The normalized spacial score (nSPS) is 26.1. The summed E-state index contributed by atoms with van der Waals surface area (Å²) in [6, 6.07) is 7.48. The lowest BCUT2D eigenvalue weighted by molar-refractivity contribution is -0.145.